The fraction of sp³-hybridized carbons (Fsp3) is 0.469. The fourth-order valence-corrected chi connectivity index (χ4v) is 7.54. The van der Waals surface area contributed by atoms with Crippen LogP contribution in [-0.4, -0.2) is 83.3 Å². The Bertz CT molecular complexity index is 1530. The molecule has 3 fully saturated rings. The lowest BCUT2D eigenvalue weighted by Gasteiger charge is -2.39. The Morgan fingerprint density at radius 1 is 1.19 bits per heavy atom. The quantitative estimate of drug-likeness (QED) is 0.376. The highest BCUT2D eigenvalue weighted by atomic mass is 35.5. The maximum absolute atomic E-state index is 14.4. The van der Waals surface area contributed by atoms with Crippen LogP contribution >= 0.6 is 11.6 Å². The van der Waals surface area contributed by atoms with Crippen molar-refractivity contribution in [3.63, 3.8) is 0 Å². The van der Waals surface area contributed by atoms with E-state index < -0.39 is 6.17 Å². The SMILES string of the molecule is C=CC(=O)N1CC(CNc2nc(OCC34CCCN3C[C@H](F)C4)nc3c2CCN(c2cccc4cccc(Cl)c24)C3)C1. The van der Waals surface area contributed by atoms with Gasteiger partial charge in [-0.25, -0.2) is 4.39 Å². The van der Waals surface area contributed by atoms with E-state index in [-0.39, 0.29) is 11.4 Å². The number of rotatable bonds is 8. The van der Waals surface area contributed by atoms with Gasteiger partial charge in [-0.3, -0.25) is 9.69 Å². The molecule has 1 unspecified atom stereocenters. The molecule has 0 spiro atoms. The third kappa shape index (κ3) is 4.96. The van der Waals surface area contributed by atoms with Crippen LogP contribution in [0.2, 0.25) is 5.02 Å². The topological polar surface area (TPSA) is 73.8 Å². The van der Waals surface area contributed by atoms with E-state index in [2.05, 4.69) is 46.0 Å². The Kier molecular flexibility index (Phi) is 7.18. The predicted octanol–water partition coefficient (Wildman–Crippen LogP) is 4.86. The molecule has 0 saturated carbocycles. The van der Waals surface area contributed by atoms with Gasteiger partial charge in [-0.15, -0.1) is 0 Å². The maximum Gasteiger partial charge on any atom is 0.318 e. The van der Waals surface area contributed by atoms with Crippen LogP contribution in [0.5, 0.6) is 6.01 Å². The normalized spacial score (nSPS) is 23.9. The molecular weight excluding hydrogens is 555 g/mol. The molecule has 2 aromatic carbocycles. The van der Waals surface area contributed by atoms with Gasteiger partial charge in [0.25, 0.3) is 0 Å². The average Bonchev–Trinajstić information content (AvgIpc) is 3.50. The zero-order valence-corrected chi connectivity index (χ0v) is 24.5. The largest absolute Gasteiger partial charge is 0.461 e. The lowest BCUT2D eigenvalue weighted by molar-refractivity contribution is -0.131. The summed E-state index contributed by atoms with van der Waals surface area (Å²) in [7, 11) is 0. The van der Waals surface area contributed by atoms with E-state index in [9.17, 15) is 9.18 Å². The minimum absolute atomic E-state index is 0.0299. The van der Waals surface area contributed by atoms with Gasteiger partial charge in [0.15, 0.2) is 0 Å². The molecule has 1 aromatic heterocycles. The smallest absolute Gasteiger partial charge is 0.318 e. The van der Waals surface area contributed by atoms with E-state index in [0.29, 0.717) is 57.7 Å². The molecule has 1 amide bonds. The Morgan fingerprint density at radius 2 is 2.02 bits per heavy atom. The molecule has 0 bridgehead atoms. The number of aromatic nitrogens is 2. The molecule has 0 radical (unpaired) electrons. The molecule has 0 aliphatic carbocycles. The van der Waals surface area contributed by atoms with Crippen molar-refractivity contribution in [2.45, 2.75) is 43.9 Å². The molecule has 3 aromatic rings. The summed E-state index contributed by atoms with van der Waals surface area (Å²) in [6.07, 6.45) is 3.81. The highest BCUT2D eigenvalue weighted by Gasteiger charge is 2.49. The van der Waals surface area contributed by atoms with Gasteiger partial charge in [0.05, 0.1) is 22.8 Å². The summed E-state index contributed by atoms with van der Waals surface area (Å²) in [6, 6.07) is 12.6. The minimum Gasteiger partial charge on any atom is -0.461 e. The van der Waals surface area contributed by atoms with E-state index in [1.807, 2.05) is 12.1 Å². The van der Waals surface area contributed by atoms with E-state index in [1.54, 1.807) is 4.90 Å². The number of hydrogen-bond acceptors (Lipinski definition) is 7. The van der Waals surface area contributed by atoms with E-state index >= 15 is 0 Å². The summed E-state index contributed by atoms with van der Waals surface area (Å²) in [5.41, 5.74) is 2.82. The number of carbonyl (C=O) groups excluding carboxylic acids is 1. The first kappa shape index (κ1) is 27.4. The van der Waals surface area contributed by atoms with Gasteiger partial charge in [-0.1, -0.05) is 42.4 Å². The fourth-order valence-electron chi connectivity index (χ4n) is 7.26. The Morgan fingerprint density at radius 3 is 2.86 bits per heavy atom. The number of ether oxygens (including phenoxy) is 1. The van der Waals surface area contributed by atoms with Crippen LogP contribution in [0.1, 0.15) is 30.5 Å². The van der Waals surface area contributed by atoms with Gasteiger partial charge in [0.1, 0.15) is 18.6 Å². The van der Waals surface area contributed by atoms with Crippen LogP contribution in [0, 0.1) is 5.92 Å². The molecule has 3 saturated heterocycles. The van der Waals surface area contributed by atoms with Crippen LogP contribution in [0.25, 0.3) is 10.8 Å². The minimum atomic E-state index is -0.813. The molecule has 8 nitrogen and oxygen atoms in total. The lowest BCUT2D eigenvalue weighted by atomic mass is 9.95. The first-order valence-corrected chi connectivity index (χ1v) is 15.3. The van der Waals surface area contributed by atoms with Crippen molar-refractivity contribution < 1.29 is 13.9 Å². The highest BCUT2D eigenvalue weighted by molar-refractivity contribution is 6.36. The molecule has 4 aliphatic rings. The molecule has 7 rings (SSSR count). The molecular formula is C32H36ClFN6O2. The van der Waals surface area contributed by atoms with Crippen molar-refractivity contribution in [1.29, 1.82) is 0 Å². The van der Waals surface area contributed by atoms with E-state index in [4.69, 9.17) is 26.3 Å². The van der Waals surface area contributed by atoms with Gasteiger partial charge >= 0.3 is 6.01 Å². The van der Waals surface area contributed by atoms with E-state index in [0.717, 1.165) is 70.9 Å². The molecule has 1 N–H and O–H groups in total. The number of alkyl halides is 1. The number of nitrogens with one attached hydrogen (secondary N) is 1. The third-order valence-electron chi connectivity index (χ3n) is 9.45. The molecule has 4 aliphatic heterocycles. The van der Waals surface area contributed by atoms with Crippen molar-refractivity contribution in [2.75, 3.05) is 56.1 Å². The third-order valence-corrected chi connectivity index (χ3v) is 9.76. The molecule has 5 heterocycles. The Hall–Kier alpha value is -3.43. The summed E-state index contributed by atoms with van der Waals surface area (Å²) < 4.78 is 20.7. The predicted molar refractivity (Wildman–Crippen MR) is 163 cm³/mol. The standard InChI is InChI=1S/C32H36ClFN6O2/c1-2-28(41)39-16-21(17-39)15-35-30-24-10-13-38(27-9-4-7-22-6-3-8-25(33)29(22)27)19-26(24)36-31(37-30)42-20-32-11-5-12-40(32)18-23(34)14-32/h2-4,6-9,21,23H,1,5,10-20H2,(H,35,36,37)/t23-,32?/m1/s1. The van der Waals surface area contributed by atoms with Crippen molar-refractivity contribution >= 4 is 39.8 Å². The maximum atomic E-state index is 14.4. The van der Waals surface area contributed by atoms with E-state index in [1.165, 1.54) is 6.08 Å². The second-order valence-electron chi connectivity index (χ2n) is 12.1. The summed E-state index contributed by atoms with van der Waals surface area (Å²) in [5.74, 6) is 1.10. The summed E-state index contributed by atoms with van der Waals surface area (Å²) in [5, 5.41) is 6.44. The van der Waals surface area contributed by atoms with Gasteiger partial charge in [0.2, 0.25) is 5.91 Å². The monoisotopic (exact) mass is 590 g/mol. The first-order chi connectivity index (χ1) is 20.4. The number of benzene rings is 2. The summed E-state index contributed by atoms with van der Waals surface area (Å²) in [4.78, 5) is 28.0. The molecule has 42 heavy (non-hydrogen) atoms. The van der Waals surface area contributed by atoms with Crippen LogP contribution in [0.15, 0.2) is 49.1 Å². The van der Waals surface area contributed by atoms with Crippen molar-refractivity contribution in [2.24, 2.45) is 5.92 Å². The molecule has 10 heteroatoms. The number of nitrogens with zero attached hydrogens (tertiary/aromatic N) is 5. The van der Waals surface area contributed by atoms with Crippen LogP contribution in [0.3, 0.4) is 0 Å². The number of amides is 1. The number of halogens is 2. The number of likely N-dealkylation sites (tertiary alicyclic amines) is 1. The molecule has 220 valence electrons. The number of fused-ring (bicyclic) bond motifs is 3. The number of hydrogen-bond donors (Lipinski definition) is 1. The number of carbonyl (C=O) groups is 1. The average molecular weight is 591 g/mol. The Labute approximate surface area is 250 Å². The zero-order chi connectivity index (χ0) is 28.8. The lowest BCUT2D eigenvalue weighted by Crippen LogP contribution is -2.51. The second kappa shape index (κ2) is 11.0. The molecule has 2 atom stereocenters. The van der Waals surface area contributed by atoms with Gasteiger partial charge in [-0.2, -0.15) is 9.97 Å². The van der Waals surface area contributed by atoms with Crippen LogP contribution < -0.4 is 15.0 Å². The van der Waals surface area contributed by atoms with Crippen molar-refractivity contribution in [1.82, 2.24) is 19.8 Å². The Balaban J connectivity index is 1.15. The van der Waals surface area contributed by atoms with Gasteiger partial charge in [-0.05, 0) is 49.4 Å². The number of anilines is 2. The summed E-state index contributed by atoms with van der Waals surface area (Å²) >= 11 is 6.68. The first-order valence-electron chi connectivity index (χ1n) is 14.9. The zero-order valence-electron chi connectivity index (χ0n) is 23.7. The van der Waals surface area contributed by atoms with Gasteiger partial charge < -0.3 is 19.9 Å². The van der Waals surface area contributed by atoms with Crippen LogP contribution in [0.4, 0.5) is 15.9 Å². The van der Waals surface area contributed by atoms with Crippen molar-refractivity contribution in [3.8, 4) is 6.01 Å². The summed E-state index contributed by atoms with van der Waals surface area (Å²) in [6.45, 7) is 8.87. The van der Waals surface area contributed by atoms with Crippen molar-refractivity contribution in [3.05, 3.63) is 65.3 Å². The highest BCUT2D eigenvalue weighted by Crippen LogP contribution is 2.41. The van der Waals surface area contributed by atoms with Crippen LogP contribution in [-0.2, 0) is 17.8 Å². The van der Waals surface area contributed by atoms with Gasteiger partial charge in [0, 0.05) is 61.7 Å². The second-order valence-corrected chi connectivity index (χ2v) is 12.5.